The maximum atomic E-state index is 11.5. The van der Waals surface area contributed by atoms with E-state index >= 15 is 0 Å². The van der Waals surface area contributed by atoms with Crippen molar-refractivity contribution in [3.8, 4) is 0 Å². The molecule has 0 amide bonds. The van der Waals surface area contributed by atoms with Gasteiger partial charge in [-0.3, -0.25) is 4.79 Å². The van der Waals surface area contributed by atoms with Gasteiger partial charge in [0.2, 0.25) is 0 Å². The molecule has 5 heteroatoms. The molecule has 1 atom stereocenters. The van der Waals surface area contributed by atoms with Crippen LogP contribution in [-0.2, 0) is 9.53 Å². The third-order valence-electron chi connectivity index (χ3n) is 3.24. The summed E-state index contributed by atoms with van der Waals surface area (Å²) < 4.78 is 4.81. The number of carbonyl (C=O) groups is 1. The van der Waals surface area contributed by atoms with Crippen LogP contribution in [0.1, 0.15) is 27.2 Å². The first-order valence-corrected chi connectivity index (χ1v) is 6.00. The molecule has 0 aromatic carbocycles. The Morgan fingerprint density at radius 1 is 1.53 bits per heavy atom. The first-order chi connectivity index (χ1) is 7.45. The van der Waals surface area contributed by atoms with Gasteiger partial charge in [-0.2, -0.15) is 0 Å². The molecule has 4 nitrogen and oxygen atoms in total. The highest BCUT2D eigenvalue weighted by Gasteiger charge is 2.29. The van der Waals surface area contributed by atoms with Crippen LogP contribution in [0.3, 0.4) is 0 Å². The third kappa shape index (κ3) is 5.23. The van der Waals surface area contributed by atoms with Crippen molar-refractivity contribution >= 4 is 18.4 Å². The van der Waals surface area contributed by atoms with Crippen LogP contribution in [0.5, 0.6) is 0 Å². The van der Waals surface area contributed by atoms with E-state index in [0.717, 1.165) is 32.6 Å². The predicted molar refractivity (Wildman–Crippen MR) is 71.6 cm³/mol. The molecule has 0 aromatic rings. The van der Waals surface area contributed by atoms with Crippen LogP contribution in [0.15, 0.2) is 0 Å². The van der Waals surface area contributed by atoms with Gasteiger partial charge in [0.05, 0.1) is 12.5 Å². The molecule has 0 saturated carbocycles. The van der Waals surface area contributed by atoms with Crippen LogP contribution < -0.4 is 5.32 Å². The minimum Gasteiger partial charge on any atom is -0.469 e. The van der Waals surface area contributed by atoms with Crippen LogP contribution in [0.2, 0.25) is 0 Å². The van der Waals surface area contributed by atoms with Crippen LogP contribution in [-0.4, -0.2) is 50.2 Å². The van der Waals surface area contributed by atoms with Gasteiger partial charge in [-0.25, -0.2) is 0 Å². The lowest BCUT2D eigenvalue weighted by Gasteiger charge is -2.33. The molecule has 1 heterocycles. The molecule has 1 aliphatic heterocycles. The molecule has 1 saturated heterocycles. The Labute approximate surface area is 110 Å². The molecule has 0 bridgehead atoms. The molecule has 102 valence electrons. The Bertz CT molecular complexity index is 247. The minimum atomic E-state index is -0.372. The Morgan fingerprint density at radius 3 is 2.71 bits per heavy atom. The Kier molecular flexibility index (Phi) is 7.05. The number of halogens is 1. The number of methoxy groups -OCH3 is 1. The van der Waals surface area contributed by atoms with Gasteiger partial charge >= 0.3 is 5.97 Å². The van der Waals surface area contributed by atoms with Crippen molar-refractivity contribution in [1.29, 1.82) is 0 Å². The van der Waals surface area contributed by atoms with Gasteiger partial charge in [-0.1, -0.05) is 0 Å². The second-order valence-corrected chi connectivity index (χ2v) is 5.28. The van der Waals surface area contributed by atoms with Crippen molar-refractivity contribution in [1.82, 2.24) is 10.2 Å². The molecule has 17 heavy (non-hydrogen) atoms. The monoisotopic (exact) mass is 264 g/mol. The molecule has 0 aliphatic carbocycles. The predicted octanol–water partition coefficient (Wildman–Crippen LogP) is 1.29. The van der Waals surface area contributed by atoms with Crippen molar-refractivity contribution in [2.75, 3.05) is 33.3 Å². The van der Waals surface area contributed by atoms with Crippen LogP contribution >= 0.6 is 12.4 Å². The lowest BCUT2D eigenvalue weighted by Crippen LogP contribution is -2.50. The maximum absolute atomic E-state index is 11.5. The van der Waals surface area contributed by atoms with Gasteiger partial charge in [0.25, 0.3) is 0 Å². The quantitative estimate of drug-likeness (QED) is 0.777. The second kappa shape index (κ2) is 7.19. The number of nitrogens with one attached hydrogen (secondary N) is 1. The van der Waals surface area contributed by atoms with Crippen molar-refractivity contribution in [2.24, 2.45) is 5.41 Å². The van der Waals surface area contributed by atoms with E-state index in [9.17, 15) is 4.79 Å². The van der Waals surface area contributed by atoms with E-state index in [0.29, 0.717) is 6.04 Å². The highest BCUT2D eigenvalue weighted by molar-refractivity contribution is 5.85. The van der Waals surface area contributed by atoms with Gasteiger partial charge in [0.1, 0.15) is 0 Å². The summed E-state index contributed by atoms with van der Waals surface area (Å²) in [6.07, 6.45) is 0.854. The van der Waals surface area contributed by atoms with E-state index in [-0.39, 0.29) is 23.8 Å². The summed E-state index contributed by atoms with van der Waals surface area (Å²) in [5, 5.41) is 3.41. The number of piperazine rings is 1. The molecule has 0 spiro atoms. The highest BCUT2D eigenvalue weighted by Crippen LogP contribution is 2.22. The average molecular weight is 265 g/mol. The standard InChI is InChI=1S/C12H24N2O2.ClH/c1-10-9-14(8-6-13-10)7-5-12(2,3)11(15)16-4;/h10,13H,5-9H2,1-4H3;1H/t10-;/m1./s1. The Hall–Kier alpha value is -0.320. The van der Waals surface area contributed by atoms with Crippen LogP contribution in [0.4, 0.5) is 0 Å². The molecule has 0 aromatic heterocycles. The van der Waals surface area contributed by atoms with Gasteiger partial charge in [-0.05, 0) is 33.7 Å². The molecular formula is C12H25ClN2O2. The molecule has 1 aliphatic rings. The van der Waals surface area contributed by atoms with Crippen molar-refractivity contribution < 1.29 is 9.53 Å². The zero-order valence-electron chi connectivity index (χ0n) is 11.3. The van der Waals surface area contributed by atoms with Gasteiger partial charge in [-0.15, -0.1) is 12.4 Å². The Morgan fingerprint density at radius 2 is 2.18 bits per heavy atom. The average Bonchev–Trinajstić information content (AvgIpc) is 2.25. The first-order valence-electron chi connectivity index (χ1n) is 6.00. The third-order valence-corrected chi connectivity index (χ3v) is 3.24. The summed E-state index contributed by atoms with van der Waals surface area (Å²) >= 11 is 0. The SMILES string of the molecule is COC(=O)C(C)(C)CCN1CCN[C@H](C)C1.Cl. The van der Waals surface area contributed by atoms with Crippen molar-refractivity contribution in [3.63, 3.8) is 0 Å². The number of hydrogen-bond acceptors (Lipinski definition) is 4. The van der Waals surface area contributed by atoms with Crippen molar-refractivity contribution in [3.05, 3.63) is 0 Å². The molecule has 1 fully saturated rings. The largest absolute Gasteiger partial charge is 0.469 e. The number of rotatable bonds is 4. The summed E-state index contributed by atoms with van der Waals surface area (Å²) in [7, 11) is 1.46. The van der Waals surface area contributed by atoms with Gasteiger partial charge in [0.15, 0.2) is 0 Å². The lowest BCUT2D eigenvalue weighted by molar-refractivity contribution is -0.151. The van der Waals surface area contributed by atoms with E-state index in [1.165, 1.54) is 7.11 Å². The first kappa shape index (κ1) is 16.7. The molecular weight excluding hydrogens is 240 g/mol. The van der Waals surface area contributed by atoms with Crippen molar-refractivity contribution in [2.45, 2.75) is 33.2 Å². The van der Waals surface area contributed by atoms with Gasteiger partial charge < -0.3 is 15.0 Å². The topological polar surface area (TPSA) is 41.6 Å². The highest BCUT2D eigenvalue weighted by atomic mass is 35.5. The Balaban J connectivity index is 0.00000256. The normalized spacial score (nSPS) is 21.8. The second-order valence-electron chi connectivity index (χ2n) is 5.28. The number of esters is 1. The summed E-state index contributed by atoms with van der Waals surface area (Å²) in [4.78, 5) is 13.9. The van der Waals surface area contributed by atoms with Crippen LogP contribution in [0, 0.1) is 5.41 Å². The molecule has 1 rings (SSSR count). The zero-order chi connectivity index (χ0) is 12.2. The number of carbonyl (C=O) groups excluding carboxylic acids is 1. The lowest BCUT2D eigenvalue weighted by atomic mass is 9.89. The molecule has 1 N–H and O–H groups in total. The number of nitrogens with zero attached hydrogens (tertiary/aromatic N) is 1. The number of ether oxygens (including phenoxy) is 1. The smallest absolute Gasteiger partial charge is 0.311 e. The fraction of sp³-hybridized carbons (Fsp3) is 0.917. The summed E-state index contributed by atoms with van der Waals surface area (Å²) in [5.41, 5.74) is -0.372. The summed E-state index contributed by atoms with van der Waals surface area (Å²) in [6.45, 7) is 10.2. The molecule has 0 unspecified atom stereocenters. The fourth-order valence-corrected chi connectivity index (χ4v) is 2.03. The maximum Gasteiger partial charge on any atom is 0.311 e. The van der Waals surface area contributed by atoms with Crippen LogP contribution in [0.25, 0.3) is 0 Å². The fourth-order valence-electron chi connectivity index (χ4n) is 2.03. The van der Waals surface area contributed by atoms with E-state index in [4.69, 9.17) is 4.74 Å². The van der Waals surface area contributed by atoms with Gasteiger partial charge in [0, 0.05) is 25.7 Å². The van der Waals surface area contributed by atoms with E-state index in [2.05, 4.69) is 17.1 Å². The van der Waals surface area contributed by atoms with E-state index in [1.54, 1.807) is 0 Å². The zero-order valence-corrected chi connectivity index (χ0v) is 12.1. The molecule has 0 radical (unpaired) electrons. The number of hydrogen-bond donors (Lipinski definition) is 1. The van der Waals surface area contributed by atoms with E-state index in [1.807, 2.05) is 13.8 Å². The summed E-state index contributed by atoms with van der Waals surface area (Å²) in [6, 6.07) is 0.551. The minimum absolute atomic E-state index is 0. The summed E-state index contributed by atoms with van der Waals surface area (Å²) in [5.74, 6) is -0.115. The van der Waals surface area contributed by atoms with E-state index < -0.39 is 0 Å².